The van der Waals surface area contributed by atoms with Gasteiger partial charge in [0.2, 0.25) is 5.78 Å². The average molecular weight is 344 g/mol. The van der Waals surface area contributed by atoms with Gasteiger partial charge in [0.1, 0.15) is 0 Å². The number of Topliss-reactive ketones (excluding diaryl/α,β-unsaturated/α-hetero) is 1. The van der Waals surface area contributed by atoms with Gasteiger partial charge in [-0.15, -0.1) is 0 Å². The molecule has 6 heteroatoms. The Morgan fingerprint density at radius 3 is 2.28 bits per heavy atom. The Morgan fingerprint density at radius 1 is 0.960 bits per heavy atom. The summed E-state index contributed by atoms with van der Waals surface area (Å²) in [5.74, 6) is 0.487. The van der Waals surface area contributed by atoms with Gasteiger partial charge in [0.15, 0.2) is 28.8 Å². The summed E-state index contributed by atoms with van der Waals surface area (Å²) in [7, 11) is 4.46. The number of carbonyl (C=O) groups excluding carboxylic acids is 1. The van der Waals surface area contributed by atoms with Crippen LogP contribution in [-0.2, 0) is 11.2 Å². The number of rotatable bonds is 7. The summed E-state index contributed by atoms with van der Waals surface area (Å²) >= 11 is 0. The number of aliphatic hydroxyl groups is 1. The number of benzene rings is 2. The lowest BCUT2D eigenvalue weighted by atomic mass is 10.1. The first-order chi connectivity index (χ1) is 12.0. The van der Waals surface area contributed by atoms with Crippen LogP contribution in [0.25, 0.3) is 6.08 Å². The third kappa shape index (κ3) is 4.44. The zero-order chi connectivity index (χ0) is 18.4. The van der Waals surface area contributed by atoms with E-state index in [0.717, 1.165) is 0 Å². The molecule has 0 atom stereocenters. The molecule has 0 aliphatic heterocycles. The highest BCUT2D eigenvalue weighted by atomic mass is 16.5. The molecule has 0 saturated carbocycles. The van der Waals surface area contributed by atoms with Crippen LogP contribution in [0.15, 0.2) is 42.2 Å². The van der Waals surface area contributed by atoms with Crippen LogP contribution in [0.4, 0.5) is 0 Å². The van der Waals surface area contributed by atoms with Crippen LogP contribution in [0.1, 0.15) is 11.1 Å². The number of hydrogen-bond donors (Lipinski definition) is 2. The molecule has 0 amide bonds. The molecule has 0 aromatic heterocycles. The molecule has 0 unspecified atom stereocenters. The Bertz CT molecular complexity index is 794. The first-order valence-electron chi connectivity index (χ1n) is 7.50. The first-order valence-corrected chi connectivity index (χ1v) is 7.50. The standard InChI is InChI=1S/C19H20O6/c1-23-17-7-5-13(11-19(17)25-3)9-16(22)15(21)8-12-4-6-14(20)18(10-12)24-2/h4-7,9-11,20,22H,8H2,1-3H3/b16-9-. The number of phenolic OH excluding ortho intramolecular Hbond substituents is 1. The Morgan fingerprint density at radius 2 is 1.64 bits per heavy atom. The van der Waals surface area contributed by atoms with Gasteiger partial charge in [-0.05, 0) is 41.5 Å². The molecule has 2 aromatic carbocycles. The fraction of sp³-hybridized carbons (Fsp3) is 0.211. The van der Waals surface area contributed by atoms with E-state index in [4.69, 9.17) is 14.2 Å². The molecule has 2 rings (SSSR count). The molecule has 0 spiro atoms. The van der Waals surface area contributed by atoms with Crippen molar-refractivity contribution in [2.45, 2.75) is 6.42 Å². The highest BCUT2D eigenvalue weighted by molar-refractivity contribution is 5.98. The van der Waals surface area contributed by atoms with E-state index in [2.05, 4.69) is 0 Å². The summed E-state index contributed by atoms with van der Waals surface area (Å²) < 4.78 is 15.3. The van der Waals surface area contributed by atoms with E-state index in [0.29, 0.717) is 22.6 Å². The molecule has 6 nitrogen and oxygen atoms in total. The number of aliphatic hydroxyl groups excluding tert-OH is 1. The van der Waals surface area contributed by atoms with Gasteiger partial charge in [-0.2, -0.15) is 0 Å². The average Bonchev–Trinajstić information content (AvgIpc) is 2.62. The minimum atomic E-state index is -0.456. The maximum atomic E-state index is 12.2. The SMILES string of the molecule is COc1cc(CC(=O)/C(O)=C/c2ccc(OC)c(OC)c2)ccc1O. The van der Waals surface area contributed by atoms with Crippen molar-refractivity contribution in [2.24, 2.45) is 0 Å². The lowest BCUT2D eigenvalue weighted by Gasteiger charge is -2.08. The molecule has 132 valence electrons. The zero-order valence-corrected chi connectivity index (χ0v) is 14.3. The van der Waals surface area contributed by atoms with Gasteiger partial charge in [-0.1, -0.05) is 12.1 Å². The zero-order valence-electron chi connectivity index (χ0n) is 14.3. The van der Waals surface area contributed by atoms with Crippen molar-refractivity contribution < 1.29 is 29.2 Å². The molecule has 0 saturated heterocycles. The molecule has 0 bridgehead atoms. The third-order valence-corrected chi connectivity index (χ3v) is 3.61. The lowest BCUT2D eigenvalue weighted by molar-refractivity contribution is -0.117. The maximum absolute atomic E-state index is 12.2. The van der Waals surface area contributed by atoms with E-state index in [1.807, 2.05) is 0 Å². The predicted octanol–water partition coefficient (Wildman–Crippen LogP) is 3.13. The van der Waals surface area contributed by atoms with Crippen molar-refractivity contribution in [2.75, 3.05) is 21.3 Å². The Hall–Kier alpha value is -3.15. The van der Waals surface area contributed by atoms with Crippen LogP contribution in [-0.4, -0.2) is 37.3 Å². The molecule has 0 heterocycles. The van der Waals surface area contributed by atoms with Crippen molar-refractivity contribution in [3.63, 3.8) is 0 Å². The van der Waals surface area contributed by atoms with Gasteiger partial charge in [-0.25, -0.2) is 0 Å². The summed E-state index contributed by atoms with van der Waals surface area (Å²) in [6.45, 7) is 0. The van der Waals surface area contributed by atoms with Crippen LogP contribution in [0.5, 0.6) is 23.0 Å². The van der Waals surface area contributed by atoms with Gasteiger partial charge in [0, 0.05) is 6.42 Å². The minimum absolute atomic E-state index is 0.0104. The predicted molar refractivity (Wildman–Crippen MR) is 93.5 cm³/mol. The number of ketones is 1. The molecule has 2 aromatic rings. The maximum Gasteiger partial charge on any atom is 0.201 e. The highest BCUT2D eigenvalue weighted by Gasteiger charge is 2.12. The largest absolute Gasteiger partial charge is 0.504 e. The summed E-state index contributed by atoms with van der Waals surface area (Å²) in [6, 6.07) is 9.64. The van der Waals surface area contributed by atoms with Gasteiger partial charge in [0.25, 0.3) is 0 Å². The van der Waals surface area contributed by atoms with E-state index in [1.54, 1.807) is 30.3 Å². The lowest BCUT2D eigenvalue weighted by Crippen LogP contribution is -2.06. The van der Waals surface area contributed by atoms with E-state index in [-0.39, 0.29) is 23.7 Å². The van der Waals surface area contributed by atoms with Gasteiger partial charge < -0.3 is 24.4 Å². The number of allylic oxidation sites excluding steroid dienone is 1. The van der Waals surface area contributed by atoms with Gasteiger partial charge in [-0.3, -0.25) is 4.79 Å². The monoisotopic (exact) mass is 344 g/mol. The van der Waals surface area contributed by atoms with Crippen molar-refractivity contribution in [1.29, 1.82) is 0 Å². The van der Waals surface area contributed by atoms with Crippen LogP contribution < -0.4 is 14.2 Å². The Balaban J connectivity index is 2.18. The molecule has 2 N–H and O–H groups in total. The van der Waals surface area contributed by atoms with Crippen molar-refractivity contribution in [1.82, 2.24) is 0 Å². The van der Waals surface area contributed by atoms with E-state index in [1.165, 1.54) is 33.5 Å². The second-order valence-corrected chi connectivity index (χ2v) is 5.25. The van der Waals surface area contributed by atoms with Crippen LogP contribution >= 0.6 is 0 Å². The van der Waals surface area contributed by atoms with Crippen LogP contribution in [0.2, 0.25) is 0 Å². The fourth-order valence-corrected chi connectivity index (χ4v) is 2.29. The topological polar surface area (TPSA) is 85.2 Å². The van der Waals surface area contributed by atoms with E-state index < -0.39 is 5.78 Å². The Labute approximate surface area is 145 Å². The summed E-state index contributed by atoms with van der Waals surface area (Å²) in [4.78, 5) is 12.2. The van der Waals surface area contributed by atoms with Crippen LogP contribution in [0, 0.1) is 0 Å². The number of ether oxygens (including phenoxy) is 3. The van der Waals surface area contributed by atoms with E-state index >= 15 is 0 Å². The quantitative estimate of drug-likeness (QED) is 0.593. The van der Waals surface area contributed by atoms with Gasteiger partial charge in [0.05, 0.1) is 21.3 Å². The minimum Gasteiger partial charge on any atom is -0.504 e. The normalized spacial score (nSPS) is 11.1. The third-order valence-electron chi connectivity index (χ3n) is 3.61. The molecule has 25 heavy (non-hydrogen) atoms. The van der Waals surface area contributed by atoms with Crippen molar-refractivity contribution >= 4 is 11.9 Å². The summed E-state index contributed by atoms with van der Waals surface area (Å²) in [5, 5.41) is 19.6. The smallest absolute Gasteiger partial charge is 0.201 e. The molecule has 0 fully saturated rings. The molecular weight excluding hydrogens is 324 g/mol. The number of phenols is 1. The van der Waals surface area contributed by atoms with Crippen molar-refractivity contribution in [3.05, 3.63) is 53.3 Å². The number of carbonyl (C=O) groups is 1. The number of hydrogen-bond acceptors (Lipinski definition) is 6. The number of methoxy groups -OCH3 is 3. The Kier molecular flexibility index (Phi) is 5.89. The molecule has 0 radical (unpaired) electrons. The molecular formula is C19H20O6. The van der Waals surface area contributed by atoms with E-state index in [9.17, 15) is 15.0 Å². The fourth-order valence-electron chi connectivity index (χ4n) is 2.29. The second kappa shape index (κ2) is 8.10. The summed E-state index contributed by atoms with van der Waals surface area (Å²) in [5.41, 5.74) is 1.22. The molecule has 0 aliphatic rings. The second-order valence-electron chi connectivity index (χ2n) is 5.25. The number of aromatic hydroxyl groups is 1. The summed E-state index contributed by atoms with van der Waals surface area (Å²) in [6.07, 6.45) is 1.34. The van der Waals surface area contributed by atoms with Crippen molar-refractivity contribution in [3.8, 4) is 23.0 Å². The first kappa shape index (κ1) is 18.2. The highest BCUT2D eigenvalue weighted by Crippen LogP contribution is 2.29. The molecule has 0 aliphatic carbocycles. The van der Waals surface area contributed by atoms with Gasteiger partial charge >= 0.3 is 0 Å². The van der Waals surface area contributed by atoms with Crippen LogP contribution in [0.3, 0.4) is 0 Å².